The topological polar surface area (TPSA) is 78.1 Å². The van der Waals surface area contributed by atoms with E-state index in [1.54, 1.807) is 35.4 Å². The molecule has 1 aliphatic rings. The van der Waals surface area contributed by atoms with Crippen LogP contribution in [0.4, 0.5) is 5.82 Å². The molecule has 0 radical (unpaired) electrons. The van der Waals surface area contributed by atoms with Crippen molar-refractivity contribution in [2.75, 3.05) is 31.1 Å². The lowest BCUT2D eigenvalue weighted by atomic mass is 10.2. The van der Waals surface area contributed by atoms with Gasteiger partial charge in [0.05, 0.1) is 23.0 Å². The van der Waals surface area contributed by atoms with Crippen molar-refractivity contribution in [2.24, 2.45) is 0 Å². The highest BCUT2D eigenvalue weighted by Crippen LogP contribution is 2.19. The van der Waals surface area contributed by atoms with Crippen LogP contribution >= 0.6 is 0 Å². The van der Waals surface area contributed by atoms with Crippen molar-refractivity contribution in [1.82, 2.24) is 19.7 Å². The van der Waals surface area contributed by atoms with E-state index in [4.69, 9.17) is 0 Å². The number of aromatic nitrogens is 3. The van der Waals surface area contributed by atoms with Crippen molar-refractivity contribution < 1.29 is 4.79 Å². The van der Waals surface area contributed by atoms with Crippen molar-refractivity contribution in [3.05, 3.63) is 72.2 Å². The summed E-state index contributed by atoms with van der Waals surface area (Å²) < 4.78 is 1.70. The maximum absolute atomic E-state index is 12.8. The highest BCUT2D eigenvalue weighted by molar-refractivity contribution is 5.94. The van der Waals surface area contributed by atoms with Gasteiger partial charge in [-0.05, 0) is 24.3 Å². The van der Waals surface area contributed by atoms with E-state index in [2.05, 4.69) is 21.1 Å². The lowest BCUT2D eigenvalue weighted by molar-refractivity contribution is 0.0746. The Labute approximate surface area is 157 Å². The first-order valence-electron chi connectivity index (χ1n) is 8.76. The van der Waals surface area contributed by atoms with Crippen molar-refractivity contribution in [1.29, 1.82) is 5.26 Å². The Hall–Kier alpha value is -3.66. The Morgan fingerprint density at radius 2 is 1.81 bits per heavy atom. The van der Waals surface area contributed by atoms with Crippen LogP contribution in [0.3, 0.4) is 0 Å². The van der Waals surface area contributed by atoms with Crippen molar-refractivity contribution in [3.8, 4) is 11.8 Å². The summed E-state index contributed by atoms with van der Waals surface area (Å²) in [7, 11) is 0. The predicted octanol–water partition coefficient (Wildman–Crippen LogP) is 2.10. The van der Waals surface area contributed by atoms with Gasteiger partial charge in [0.15, 0.2) is 0 Å². The van der Waals surface area contributed by atoms with Gasteiger partial charge in [-0.3, -0.25) is 4.79 Å². The molecule has 1 fully saturated rings. The second-order valence-electron chi connectivity index (χ2n) is 6.27. The molecule has 1 saturated heterocycles. The Balaban J connectivity index is 1.44. The van der Waals surface area contributed by atoms with Crippen molar-refractivity contribution in [2.45, 2.75) is 0 Å². The van der Waals surface area contributed by atoms with Crippen LogP contribution in [0.15, 0.2) is 61.1 Å². The molecule has 0 atom stereocenters. The molecule has 0 bridgehead atoms. The van der Waals surface area contributed by atoms with Crippen molar-refractivity contribution >= 4 is 11.7 Å². The third-order valence-electron chi connectivity index (χ3n) is 4.62. The summed E-state index contributed by atoms with van der Waals surface area (Å²) in [5.41, 5.74) is 2.05. The Bertz CT molecular complexity index is 983. The number of hydrogen-bond acceptors (Lipinski definition) is 5. The van der Waals surface area contributed by atoms with Gasteiger partial charge in [-0.15, -0.1) is 0 Å². The van der Waals surface area contributed by atoms with Gasteiger partial charge < -0.3 is 9.80 Å². The van der Waals surface area contributed by atoms with E-state index in [1.807, 2.05) is 35.2 Å². The monoisotopic (exact) mass is 358 g/mol. The molecule has 27 heavy (non-hydrogen) atoms. The first-order chi connectivity index (χ1) is 13.3. The number of piperazine rings is 1. The molecule has 1 aromatic carbocycles. The third kappa shape index (κ3) is 3.37. The smallest absolute Gasteiger partial charge is 0.257 e. The van der Waals surface area contributed by atoms with Crippen LogP contribution in [0.1, 0.15) is 15.9 Å². The molecule has 7 nitrogen and oxygen atoms in total. The number of pyridine rings is 1. The molecule has 3 aromatic rings. The number of nitrogens with zero attached hydrogens (tertiary/aromatic N) is 6. The fourth-order valence-electron chi connectivity index (χ4n) is 3.20. The molecule has 2 aromatic heterocycles. The lowest BCUT2D eigenvalue weighted by Crippen LogP contribution is -2.49. The minimum absolute atomic E-state index is 0.0293. The lowest BCUT2D eigenvalue weighted by Gasteiger charge is -2.35. The quantitative estimate of drug-likeness (QED) is 0.716. The molecule has 134 valence electrons. The fraction of sp³-hybridized carbons (Fsp3) is 0.200. The summed E-state index contributed by atoms with van der Waals surface area (Å²) in [5.74, 6) is 0.655. The Kier molecular flexibility index (Phi) is 4.54. The van der Waals surface area contributed by atoms with Crippen LogP contribution in [0.5, 0.6) is 0 Å². The van der Waals surface area contributed by atoms with E-state index in [-0.39, 0.29) is 5.91 Å². The number of carbonyl (C=O) groups is 1. The first-order valence-corrected chi connectivity index (χ1v) is 8.76. The average Bonchev–Trinajstić information content (AvgIpc) is 3.24. The molecule has 1 amide bonds. The zero-order valence-corrected chi connectivity index (χ0v) is 14.7. The number of benzene rings is 1. The van der Waals surface area contributed by atoms with Gasteiger partial charge in [0.2, 0.25) is 0 Å². The Morgan fingerprint density at radius 1 is 1.04 bits per heavy atom. The second-order valence-corrected chi connectivity index (χ2v) is 6.27. The predicted molar refractivity (Wildman–Crippen MR) is 101 cm³/mol. The van der Waals surface area contributed by atoms with E-state index in [0.717, 1.165) is 5.69 Å². The van der Waals surface area contributed by atoms with E-state index in [0.29, 0.717) is 43.1 Å². The summed E-state index contributed by atoms with van der Waals surface area (Å²) in [4.78, 5) is 21.0. The highest BCUT2D eigenvalue weighted by atomic mass is 16.2. The molecule has 4 rings (SSSR count). The molecule has 1 aliphatic heterocycles. The van der Waals surface area contributed by atoms with Crippen molar-refractivity contribution in [3.63, 3.8) is 0 Å². The van der Waals surface area contributed by atoms with Crippen LogP contribution in [0.2, 0.25) is 0 Å². The Morgan fingerprint density at radius 3 is 2.56 bits per heavy atom. The normalized spacial score (nSPS) is 14.0. The minimum atomic E-state index is -0.0293. The molecule has 3 heterocycles. The van der Waals surface area contributed by atoms with Gasteiger partial charge in [0.1, 0.15) is 11.9 Å². The van der Waals surface area contributed by atoms with Gasteiger partial charge in [0.25, 0.3) is 5.91 Å². The van der Waals surface area contributed by atoms with Gasteiger partial charge in [-0.1, -0.05) is 18.2 Å². The molecule has 0 aliphatic carbocycles. The van der Waals surface area contributed by atoms with Gasteiger partial charge >= 0.3 is 0 Å². The highest BCUT2D eigenvalue weighted by Gasteiger charge is 2.25. The van der Waals surface area contributed by atoms with Gasteiger partial charge in [-0.25, -0.2) is 9.67 Å². The summed E-state index contributed by atoms with van der Waals surface area (Å²) in [6.07, 6.45) is 5.05. The zero-order chi connectivity index (χ0) is 18.6. The van der Waals surface area contributed by atoms with Crippen LogP contribution in [0.25, 0.3) is 5.69 Å². The molecule has 0 unspecified atom stereocenters. The van der Waals surface area contributed by atoms with E-state index < -0.39 is 0 Å². The number of hydrogen-bond donors (Lipinski definition) is 0. The zero-order valence-electron chi connectivity index (χ0n) is 14.7. The largest absolute Gasteiger partial charge is 0.352 e. The van der Waals surface area contributed by atoms with Crippen LogP contribution < -0.4 is 4.90 Å². The minimum Gasteiger partial charge on any atom is -0.352 e. The summed E-state index contributed by atoms with van der Waals surface area (Å²) in [6.45, 7) is 2.45. The summed E-state index contributed by atoms with van der Waals surface area (Å²) in [5, 5.41) is 13.5. The van der Waals surface area contributed by atoms with E-state index in [9.17, 15) is 10.1 Å². The average molecular weight is 358 g/mol. The van der Waals surface area contributed by atoms with Gasteiger partial charge in [0, 0.05) is 38.6 Å². The molecular weight excluding hydrogens is 340 g/mol. The summed E-state index contributed by atoms with van der Waals surface area (Å²) in [6, 6.07) is 15.4. The third-order valence-corrected chi connectivity index (χ3v) is 4.62. The number of amides is 1. The molecule has 0 spiro atoms. The van der Waals surface area contributed by atoms with Gasteiger partial charge in [-0.2, -0.15) is 10.4 Å². The van der Waals surface area contributed by atoms with E-state index in [1.165, 1.54) is 0 Å². The molecular formula is C20H18N6O. The van der Waals surface area contributed by atoms with Crippen LogP contribution in [-0.4, -0.2) is 51.8 Å². The standard InChI is InChI=1S/C20H18N6O/c21-13-16-5-4-8-22-19(16)24-9-11-25(12-10-24)20(27)17-14-23-26(15-17)18-6-2-1-3-7-18/h1-8,14-15H,9-12H2. The number of nitriles is 1. The number of anilines is 1. The number of rotatable bonds is 3. The molecule has 0 N–H and O–H groups in total. The summed E-state index contributed by atoms with van der Waals surface area (Å²) >= 11 is 0. The SMILES string of the molecule is N#Cc1cccnc1N1CCN(C(=O)c2cnn(-c3ccccc3)c2)CC1. The van der Waals surface area contributed by atoms with E-state index >= 15 is 0 Å². The second kappa shape index (κ2) is 7.30. The molecule has 0 saturated carbocycles. The maximum Gasteiger partial charge on any atom is 0.257 e. The fourth-order valence-corrected chi connectivity index (χ4v) is 3.20. The number of carbonyl (C=O) groups excluding carboxylic acids is 1. The first kappa shape index (κ1) is 16.8. The van der Waals surface area contributed by atoms with Crippen LogP contribution in [-0.2, 0) is 0 Å². The molecule has 7 heteroatoms. The maximum atomic E-state index is 12.8. The van der Waals surface area contributed by atoms with Crippen LogP contribution in [0, 0.1) is 11.3 Å². The number of para-hydroxylation sites is 1.